The maximum atomic E-state index is 12.7. The molecule has 1 fully saturated rings. The van der Waals surface area contributed by atoms with Crippen LogP contribution in [-0.4, -0.2) is 24.2 Å². The summed E-state index contributed by atoms with van der Waals surface area (Å²) in [7, 11) is 0. The van der Waals surface area contributed by atoms with Crippen LogP contribution in [0.5, 0.6) is 5.75 Å². The summed E-state index contributed by atoms with van der Waals surface area (Å²) < 4.78 is 11.6. The maximum Gasteiger partial charge on any atom is 0.256 e. The van der Waals surface area contributed by atoms with Crippen molar-refractivity contribution in [3.8, 4) is 5.75 Å². The number of hydrogen-bond donors (Lipinski definition) is 1. The topological polar surface area (TPSA) is 47.6 Å². The zero-order valence-corrected chi connectivity index (χ0v) is 14.9. The van der Waals surface area contributed by atoms with E-state index in [2.05, 4.69) is 19.2 Å². The number of benzene rings is 1. The first-order valence-corrected chi connectivity index (χ1v) is 8.63. The average Bonchev–Trinajstić information content (AvgIpc) is 3.35. The van der Waals surface area contributed by atoms with Gasteiger partial charge in [-0.1, -0.05) is 6.92 Å². The number of amides is 1. The maximum absolute atomic E-state index is 12.7. The van der Waals surface area contributed by atoms with Gasteiger partial charge in [0, 0.05) is 12.3 Å². The zero-order chi connectivity index (χ0) is 17.0. The van der Waals surface area contributed by atoms with E-state index in [9.17, 15) is 4.79 Å². The van der Waals surface area contributed by atoms with Gasteiger partial charge in [0.25, 0.3) is 5.91 Å². The Morgan fingerprint density at radius 2 is 2.09 bits per heavy atom. The molecule has 1 aliphatic rings. The molecule has 23 heavy (non-hydrogen) atoms. The van der Waals surface area contributed by atoms with Crippen molar-refractivity contribution in [1.82, 2.24) is 0 Å². The first kappa shape index (κ1) is 17.8. The molecule has 1 aliphatic carbocycles. The van der Waals surface area contributed by atoms with Crippen LogP contribution in [0.2, 0.25) is 0 Å². The molecule has 0 spiro atoms. The van der Waals surface area contributed by atoms with Gasteiger partial charge < -0.3 is 14.8 Å². The highest BCUT2D eigenvalue weighted by Gasteiger charge is 2.48. The summed E-state index contributed by atoms with van der Waals surface area (Å²) in [5.41, 5.74) is 1.08. The van der Waals surface area contributed by atoms with E-state index in [1.54, 1.807) is 0 Å². The van der Waals surface area contributed by atoms with Gasteiger partial charge in [-0.3, -0.25) is 4.79 Å². The second-order valence-electron chi connectivity index (χ2n) is 6.59. The van der Waals surface area contributed by atoms with Gasteiger partial charge in [-0.15, -0.1) is 0 Å². The van der Waals surface area contributed by atoms with E-state index in [-0.39, 0.29) is 12.0 Å². The number of carbonyl (C=O) groups is 1. The minimum atomic E-state index is -0.728. The molecule has 1 N–H and O–H groups in total. The number of hydrogen-bond acceptors (Lipinski definition) is 3. The summed E-state index contributed by atoms with van der Waals surface area (Å²) in [4.78, 5) is 12.7. The summed E-state index contributed by atoms with van der Waals surface area (Å²) in [5.74, 6) is 1.14. The van der Waals surface area contributed by atoms with Gasteiger partial charge in [-0.2, -0.15) is 0 Å². The van der Waals surface area contributed by atoms with Gasteiger partial charge in [0.15, 0.2) is 0 Å². The summed E-state index contributed by atoms with van der Waals surface area (Å²) >= 11 is 0. The van der Waals surface area contributed by atoms with E-state index >= 15 is 0 Å². The molecular weight excluding hydrogens is 290 g/mol. The first-order valence-electron chi connectivity index (χ1n) is 8.63. The van der Waals surface area contributed by atoms with Crippen molar-refractivity contribution in [3.05, 3.63) is 23.8 Å². The molecule has 1 aromatic rings. The van der Waals surface area contributed by atoms with E-state index in [0.717, 1.165) is 36.3 Å². The Balaban J connectivity index is 2.07. The number of nitrogens with one attached hydrogen (secondary N) is 1. The van der Waals surface area contributed by atoms with Crippen molar-refractivity contribution < 1.29 is 14.3 Å². The van der Waals surface area contributed by atoms with Crippen molar-refractivity contribution in [2.75, 3.05) is 11.9 Å². The molecule has 4 nitrogen and oxygen atoms in total. The Labute approximate surface area is 139 Å². The lowest BCUT2D eigenvalue weighted by Gasteiger charge is -2.28. The van der Waals surface area contributed by atoms with Crippen LogP contribution in [0.1, 0.15) is 52.5 Å². The highest BCUT2D eigenvalue weighted by Crippen LogP contribution is 2.42. The first-order chi connectivity index (χ1) is 10.9. The van der Waals surface area contributed by atoms with Gasteiger partial charge in [0.1, 0.15) is 11.4 Å². The molecule has 1 aromatic carbocycles. The molecule has 0 saturated heterocycles. The standard InChI is InChI=1S/C19H29NO3/c1-6-14(4)23-17-11-10-16(12-13(17)3)20-18(21)19(5,22-7-2)15-8-9-15/h10-12,14-15H,6-9H2,1-5H3,(H,20,21)/t14-,19-/m1/s1. The number of ether oxygens (including phenoxy) is 2. The zero-order valence-electron chi connectivity index (χ0n) is 14.9. The minimum Gasteiger partial charge on any atom is -0.490 e. The van der Waals surface area contributed by atoms with E-state index in [1.807, 2.05) is 39.0 Å². The van der Waals surface area contributed by atoms with Crippen LogP contribution in [0.25, 0.3) is 0 Å². The fourth-order valence-electron chi connectivity index (χ4n) is 2.72. The number of aryl methyl sites for hydroxylation is 1. The fourth-order valence-corrected chi connectivity index (χ4v) is 2.72. The van der Waals surface area contributed by atoms with Crippen molar-refractivity contribution >= 4 is 11.6 Å². The summed E-state index contributed by atoms with van der Waals surface area (Å²) in [5, 5.41) is 3.00. The van der Waals surface area contributed by atoms with Gasteiger partial charge in [0.2, 0.25) is 0 Å². The molecule has 0 bridgehead atoms. The molecule has 1 saturated carbocycles. The van der Waals surface area contributed by atoms with Crippen LogP contribution in [-0.2, 0) is 9.53 Å². The Morgan fingerprint density at radius 1 is 1.39 bits per heavy atom. The predicted octanol–water partition coefficient (Wildman–Crippen LogP) is 4.32. The molecule has 2 atom stereocenters. The summed E-state index contributed by atoms with van der Waals surface area (Å²) in [6.07, 6.45) is 3.27. The van der Waals surface area contributed by atoms with Gasteiger partial charge in [-0.25, -0.2) is 0 Å². The molecule has 2 rings (SSSR count). The van der Waals surface area contributed by atoms with Crippen LogP contribution in [0.3, 0.4) is 0 Å². The normalized spacial score (nSPS) is 18.1. The smallest absolute Gasteiger partial charge is 0.256 e. The van der Waals surface area contributed by atoms with Crippen molar-refractivity contribution in [3.63, 3.8) is 0 Å². The van der Waals surface area contributed by atoms with Crippen molar-refractivity contribution in [1.29, 1.82) is 0 Å². The third-order valence-electron chi connectivity index (χ3n) is 4.59. The lowest BCUT2D eigenvalue weighted by Crippen LogP contribution is -2.44. The van der Waals surface area contributed by atoms with Gasteiger partial charge >= 0.3 is 0 Å². The molecule has 0 aliphatic heterocycles. The number of carbonyl (C=O) groups excluding carboxylic acids is 1. The highest BCUT2D eigenvalue weighted by atomic mass is 16.5. The Hall–Kier alpha value is -1.55. The molecule has 1 amide bonds. The Kier molecular flexibility index (Phi) is 5.69. The molecule has 0 heterocycles. The minimum absolute atomic E-state index is 0.0585. The molecule has 0 aromatic heterocycles. The van der Waals surface area contributed by atoms with Crippen molar-refractivity contribution in [2.45, 2.75) is 65.6 Å². The van der Waals surface area contributed by atoms with Crippen LogP contribution >= 0.6 is 0 Å². The molecule has 128 valence electrons. The van der Waals surface area contributed by atoms with Gasteiger partial charge in [0.05, 0.1) is 6.10 Å². The largest absolute Gasteiger partial charge is 0.490 e. The van der Waals surface area contributed by atoms with Crippen molar-refractivity contribution in [2.24, 2.45) is 5.92 Å². The van der Waals surface area contributed by atoms with Crippen LogP contribution in [0.15, 0.2) is 18.2 Å². The molecule has 0 radical (unpaired) electrons. The summed E-state index contributed by atoms with van der Waals surface area (Å²) in [6, 6.07) is 5.77. The number of anilines is 1. The number of rotatable bonds is 8. The summed E-state index contributed by atoms with van der Waals surface area (Å²) in [6.45, 7) is 10.5. The lowest BCUT2D eigenvalue weighted by molar-refractivity contribution is -0.141. The van der Waals surface area contributed by atoms with Gasteiger partial charge in [-0.05, 0) is 76.6 Å². The monoisotopic (exact) mass is 319 g/mol. The highest BCUT2D eigenvalue weighted by molar-refractivity contribution is 5.97. The third-order valence-corrected chi connectivity index (χ3v) is 4.59. The van der Waals surface area contributed by atoms with E-state index in [4.69, 9.17) is 9.47 Å². The third kappa shape index (κ3) is 4.25. The second-order valence-corrected chi connectivity index (χ2v) is 6.59. The van der Waals surface area contributed by atoms with E-state index in [0.29, 0.717) is 12.5 Å². The van der Waals surface area contributed by atoms with E-state index < -0.39 is 5.60 Å². The second kappa shape index (κ2) is 7.35. The van der Waals surface area contributed by atoms with Crippen LogP contribution in [0, 0.1) is 12.8 Å². The SMILES string of the molecule is CCO[C@@](C)(C(=O)Nc1ccc(O[C@H](C)CC)c(C)c1)C1CC1. The van der Waals surface area contributed by atoms with Crippen LogP contribution < -0.4 is 10.1 Å². The Morgan fingerprint density at radius 3 is 2.61 bits per heavy atom. The molecule has 4 heteroatoms. The molecular formula is C19H29NO3. The lowest BCUT2D eigenvalue weighted by atomic mass is 9.98. The average molecular weight is 319 g/mol. The molecule has 0 unspecified atom stereocenters. The quantitative estimate of drug-likeness (QED) is 0.776. The predicted molar refractivity (Wildman–Crippen MR) is 92.9 cm³/mol. The Bertz CT molecular complexity index is 554. The van der Waals surface area contributed by atoms with E-state index in [1.165, 1.54) is 0 Å². The fraction of sp³-hybridized carbons (Fsp3) is 0.632. The van der Waals surface area contributed by atoms with Crippen LogP contribution in [0.4, 0.5) is 5.69 Å².